The lowest BCUT2D eigenvalue weighted by Crippen LogP contribution is -2.00. The number of carbonyl (C=O) groups excluding carboxylic acids is 1. The summed E-state index contributed by atoms with van der Waals surface area (Å²) in [5.41, 5.74) is 1.01. The fraction of sp³-hybridized carbons (Fsp3) is 0.750. The summed E-state index contributed by atoms with van der Waals surface area (Å²) in [4.78, 5) is 11.5. The molecule has 0 radical (unpaired) electrons. The van der Waals surface area contributed by atoms with Gasteiger partial charge in [-0.05, 0) is 30.8 Å². The maximum Gasteiger partial charge on any atom is 0.159 e. The number of Topliss-reactive ketones (excluding diaryl/α,β-unsaturated/α-hetero) is 1. The smallest absolute Gasteiger partial charge is 0.159 e. The molecule has 1 N–H and O–H groups in total. The topological polar surface area (TPSA) is 37.3 Å². The Hall–Kier alpha value is -0.630. The van der Waals surface area contributed by atoms with Gasteiger partial charge in [0.15, 0.2) is 5.78 Å². The zero-order valence-electron chi connectivity index (χ0n) is 8.96. The molecule has 80 valence electrons. The average molecular weight is 196 g/mol. The molecule has 0 bridgehead atoms. The van der Waals surface area contributed by atoms with Gasteiger partial charge in [0.1, 0.15) is 0 Å². The summed E-state index contributed by atoms with van der Waals surface area (Å²) in [6.45, 7) is 2.36. The standard InChI is InChI=1S/C12H20O2/c1-2-3-4-5-11-8-10(6-7-13)9-12(11)14/h8,10,13H,2-7,9H2,1H3. The first-order valence-corrected chi connectivity index (χ1v) is 5.62. The second-order valence-electron chi connectivity index (χ2n) is 4.05. The van der Waals surface area contributed by atoms with E-state index in [1.54, 1.807) is 0 Å². The molecular weight excluding hydrogens is 176 g/mol. The van der Waals surface area contributed by atoms with Crippen molar-refractivity contribution in [1.29, 1.82) is 0 Å². The zero-order valence-corrected chi connectivity index (χ0v) is 8.96. The summed E-state index contributed by atoms with van der Waals surface area (Å²) in [5.74, 6) is 0.615. The third kappa shape index (κ3) is 3.26. The highest BCUT2D eigenvalue weighted by Gasteiger charge is 2.22. The predicted molar refractivity (Wildman–Crippen MR) is 57.0 cm³/mol. The summed E-state index contributed by atoms with van der Waals surface area (Å²) >= 11 is 0. The molecule has 1 rings (SSSR count). The number of rotatable bonds is 6. The Morgan fingerprint density at radius 1 is 1.50 bits per heavy atom. The molecule has 1 unspecified atom stereocenters. The van der Waals surface area contributed by atoms with Gasteiger partial charge in [0, 0.05) is 13.0 Å². The summed E-state index contributed by atoms with van der Waals surface area (Å²) in [6.07, 6.45) is 7.91. The van der Waals surface area contributed by atoms with Crippen LogP contribution in [0.5, 0.6) is 0 Å². The van der Waals surface area contributed by atoms with E-state index in [2.05, 4.69) is 13.0 Å². The quantitative estimate of drug-likeness (QED) is 0.663. The summed E-state index contributed by atoms with van der Waals surface area (Å²) < 4.78 is 0. The minimum atomic E-state index is 0.191. The van der Waals surface area contributed by atoms with Gasteiger partial charge in [-0.15, -0.1) is 0 Å². The van der Waals surface area contributed by atoms with Crippen LogP contribution >= 0.6 is 0 Å². The molecule has 0 aliphatic heterocycles. The molecule has 0 amide bonds. The van der Waals surface area contributed by atoms with Crippen LogP contribution in [0.3, 0.4) is 0 Å². The second kappa shape index (κ2) is 5.97. The molecule has 0 heterocycles. The van der Waals surface area contributed by atoms with E-state index < -0.39 is 0 Å². The van der Waals surface area contributed by atoms with Crippen molar-refractivity contribution in [2.75, 3.05) is 6.61 Å². The minimum Gasteiger partial charge on any atom is -0.396 e. The number of aliphatic hydroxyl groups excluding tert-OH is 1. The molecule has 0 aromatic heterocycles. The number of ketones is 1. The largest absolute Gasteiger partial charge is 0.396 e. The first-order valence-electron chi connectivity index (χ1n) is 5.62. The van der Waals surface area contributed by atoms with E-state index in [4.69, 9.17) is 5.11 Å². The van der Waals surface area contributed by atoms with Gasteiger partial charge in [-0.3, -0.25) is 4.79 Å². The Bertz CT molecular complexity index is 218. The van der Waals surface area contributed by atoms with Gasteiger partial charge >= 0.3 is 0 Å². The highest BCUT2D eigenvalue weighted by atomic mass is 16.3. The molecule has 1 aliphatic carbocycles. The summed E-state index contributed by atoms with van der Waals surface area (Å²) in [5, 5.41) is 8.77. The van der Waals surface area contributed by atoms with E-state index in [0.717, 1.165) is 24.8 Å². The van der Waals surface area contributed by atoms with Gasteiger partial charge in [-0.25, -0.2) is 0 Å². The third-order valence-electron chi connectivity index (χ3n) is 2.79. The number of allylic oxidation sites excluding steroid dienone is 2. The van der Waals surface area contributed by atoms with Gasteiger partial charge in [-0.2, -0.15) is 0 Å². The first-order chi connectivity index (χ1) is 6.77. The molecule has 0 fully saturated rings. The lowest BCUT2D eigenvalue weighted by Gasteiger charge is -2.00. The molecule has 0 aromatic rings. The van der Waals surface area contributed by atoms with Crippen LogP contribution < -0.4 is 0 Å². The maximum absolute atomic E-state index is 11.5. The predicted octanol–water partition coefficient (Wildman–Crippen LogP) is 2.46. The van der Waals surface area contributed by atoms with Gasteiger partial charge in [-0.1, -0.05) is 25.8 Å². The van der Waals surface area contributed by atoms with Crippen molar-refractivity contribution in [3.8, 4) is 0 Å². The lowest BCUT2D eigenvalue weighted by molar-refractivity contribution is -0.115. The number of hydrogen-bond acceptors (Lipinski definition) is 2. The Labute approximate surface area is 86.0 Å². The lowest BCUT2D eigenvalue weighted by atomic mass is 10.1. The van der Waals surface area contributed by atoms with Crippen molar-refractivity contribution >= 4 is 5.78 Å². The number of hydrogen-bond donors (Lipinski definition) is 1. The summed E-state index contributed by atoms with van der Waals surface area (Å²) in [7, 11) is 0. The molecule has 0 aromatic carbocycles. The van der Waals surface area contributed by atoms with E-state index in [0.29, 0.717) is 18.1 Å². The minimum absolute atomic E-state index is 0.191. The van der Waals surface area contributed by atoms with Crippen LogP contribution in [0.2, 0.25) is 0 Å². The highest BCUT2D eigenvalue weighted by molar-refractivity contribution is 5.97. The first kappa shape index (κ1) is 11.4. The van der Waals surface area contributed by atoms with Crippen molar-refractivity contribution in [2.24, 2.45) is 5.92 Å². The van der Waals surface area contributed by atoms with Crippen molar-refractivity contribution in [1.82, 2.24) is 0 Å². The van der Waals surface area contributed by atoms with Crippen molar-refractivity contribution in [3.05, 3.63) is 11.6 Å². The number of aliphatic hydroxyl groups is 1. The average Bonchev–Trinajstić information content (AvgIpc) is 2.48. The Balaban J connectivity index is 2.35. The fourth-order valence-corrected chi connectivity index (χ4v) is 1.95. The van der Waals surface area contributed by atoms with Crippen LogP contribution in [0.15, 0.2) is 11.6 Å². The van der Waals surface area contributed by atoms with Crippen molar-refractivity contribution in [2.45, 2.75) is 45.4 Å². The Kier molecular flexibility index (Phi) is 4.88. The number of carbonyl (C=O) groups is 1. The normalized spacial score (nSPS) is 21.4. The van der Waals surface area contributed by atoms with Gasteiger partial charge in [0.2, 0.25) is 0 Å². The van der Waals surface area contributed by atoms with Crippen LogP contribution in [0.25, 0.3) is 0 Å². The fourth-order valence-electron chi connectivity index (χ4n) is 1.95. The molecule has 1 atom stereocenters. The molecule has 2 nitrogen and oxygen atoms in total. The molecule has 0 saturated heterocycles. The van der Waals surface area contributed by atoms with Gasteiger partial charge in [0.05, 0.1) is 0 Å². The SMILES string of the molecule is CCCCCC1=CC(CCO)CC1=O. The number of unbranched alkanes of at least 4 members (excludes halogenated alkanes) is 2. The van der Waals surface area contributed by atoms with Crippen LogP contribution in [0.1, 0.15) is 45.4 Å². The molecule has 0 saturated carbocycles. The van der Waals surface area contributed by atoms with E-state index >= 15 is 0 Å². The Morgan fingerprint density at radius 2 is 2.29 bits per heavy atom. The Morgan fingerprint density at radius 3 is 2.93 bits per heavy atom. The van der Waals surface area contributed by atoms with Crippen LogP contribution in [-0.4, -0.2) is 17.5 Å². The van der Waals surface area contributed by atoms with Gasteiger partial charge in [0.25, 0.3) is 0 Å². The van der Waals surface area contributed by atoms with E-state index in [1.807, 2.05) is 0 Å². The highest BCUT2D eigenvalue weighted by Crippen LogP contribution is 2.26. The van der Waals surface area contributed by atoms with Crippen molar-refractivity contribution < 1.29 is 9.90 Å². The van der Waals surface area contributed by atoms with E-state index in [1.165, 1.54) is 12.8 Å². The van der Waals surface area contributed by atoms with Gasteiger partial charge < -0.3 is 5.11 Å². The molecule has 2 heteroatoms. The van der Waals surface area contributed by atoms with Crippen molar-refractivity contribution in [3.63, 3.8) is 0 Å². The summed E-state index contributed by atoms with van der Waals surface area (Å²) in [6, 6.07) is 0. The van der Waals surface area contributed by atoms with E-state index in [-0.39, 0.29) is 6.61 Å². The molecule has 14 heavy (non-hydrogen) atoms. The van der Waals surface area contributed by atoms with E-state index in [9.17, 15) is 4.79 Å². The monoisotopic (exact) mass is 196 g/mol. The van der Waals surface area contributed by atoms with Crippen LogP contribution in [0, 0.1) is 5.92 Å². The zero-order chi connectivity index (χ0) is 10.4. The maximum atomic E-state index is 11.5. The molecule has 1 aliphatic rings. The third-order valence-corrected chi connectivity index (χ3v) is 2.79. The second-order valence-corrected chi connectivity index (χ2v) is 4.05. The van der Waals surface area contributed by atoms with Crippen LogP contribution in [-0.2, 0) is 4.79 Å². The van der Waals surface area contributed by atoms with Crippen LogP contribution in [0.4, 0.5) is 0 Å². The molecular formula is C12H20O2. The molecule has 0 spiro atoms.